The quantitative estimate of drug-likeness (QED) is 0.913. The number of nitrogens with two attached hydrogens (primary N) is 1. The van der Waals surface area contributed by atoms with Gasteiger partial charge < -0.3 is 5.73 Å². The van der Waals surface area contributed by atoms with Crippen LogP contribution in [0.15, 0.2) is 42.5 Å². The molecule has 2 N–H and O–H groups in total. The van der Waals surface area contributed by atoms with Crippen molar-refractivity contribution < 1.29 is 0 Å². The maximum Gasteiger partial charge on any atom is 0.0202 e. The fraction of sp³-hybridized carbons (Fsp3) is 0.412. The van der Waals surface area contributed by atoms with E-state index < -0.39 is 0 Å². The van der Waals surface area contributed by atoms with Crippen molar-refractivity contribution in [1.29, 1.82) is 0 Å². The van der Waals surface area contributed by atoms with Crippen LogP contribution in [0.3, 0.4) is 0 Å². The van der Waals surface area contributed by atoms with Gasteiger partial charge in [-0.2, -0.15) is 11.8 Å². The summed E-state index contributed by atoms with van der Waals surface area (Å²) in [4.78, 5) is 0. The van der Waals surface area contributed by atoms with Gasteiger partial charge in [-0.1, -0.05) is 48.9 Å². The molecule has 1 saturated heterocycles. The van der Waals surface area contributed by atoms with E-state index >= 15 is 0 Å². The lowest BCUT2D eigenvalue weighted by Gasteiger charge is -2.27. The maximum absolute atomic E-state index is 6.45. The first-order valence-corrected chi connectivity index (χ1v) is 8.23. The molecule has 3 rings (SSSR count). The van der Waals surface area contributed by atoms with Crippen molar-refractivity contribution in [1.82, 2.24) is 0 Å². The molecule has 1 fully saturated rings. The summed E-state index contributed by atoms with van der Waals surface area (Å²) in [5, 5.41) is 3.33. The van der Waals surface area contributed by atoms with E-state index in [4.69, 9.17) is 5.73 Å². The molecule has 0 amide bonds. The van der Waals surface area contributed by atoms with Crippen molar-refractivity contribution in [2.45, 2.75) is 37.0 Å². The van der Waals surface area contributed by atoms with Gasteiger partial charge in [0.15, 0.2) is 0 Å². The van der Waals surface area contributed by atoms with Crippen LogP contribution in [0.4, 0.5) is 0 Å². The van der Waals surface area contributed by atoms with Crippen LogP contribution in [0.5, 0.6) is 0 Å². The summed E-state index contributed by atoms with van der Waals surface area (Å²) in [7, 11) is 0. The van der Waals surface area contributed by atoms with Gasteiger partial charge in [-0.3, -0.25) is 0 Å². The second-order valence-corrected chi connectivity index (χ2v) is 6.76. The van der Waals surface area contributed by atoms with Crippen molar-refractivity contribution in [2.24, 2.45) is 5.73 Å². The highest BCUT2D eigenvalue weighted by molar-refractivity contribution is 8.00. The summed E-state index contributed by atoms with van der Waals surface area (Å²) >= 11 is 2.07. The Labute approximate surface area is 119 Å². The highest BCUT2D eigenvalue weighted by atomic mass is 32.2. The van der Waals surface area contributed by atoms with Crippen LogP contribution in [0.1, 0.15) is 24.8 Å². The number of benzene rings is 2. The molecule has 2 unspecified atom stereocenters. The molecule has 0 bridgehead atoms. The summed E-state index contributed by atoms with van der Waals surface area (Å²) in [5.74, 6) is 1.29. The molecule has 0 saturated carbocycles. The Bertz CT molecular complexity index is 540. The van der Waals surface area contributed by atoms with Gasteiger partial charge in [-0.05, 0) is 41.4 Å². The first-order valence-electron chi connectivity index (χ1n) is 7.18. The minimum absolute atomic E-state index is 0.288. The highest BCUT2D eigenvalue weighted by Gasteiger charge is 2.21. The third-order valence-electron chi connectivity index (χ3n) is 4.03. The van der Waals surface area contributed by atoms with Gasteiger partial charge in [0.1, 0.15) is 0 Å². The van der Waals surface area contributed by atoms with Crippen LogP contribution >= 0.6 is 11.8 Å². The van der Waals surface area contributed by atoms with E-state index in [-0.39, 0.29) is 6.04 Å². The molecule has 100 valence electrons. The lowest BCUT2D eigenvalue weighted by molar-refractivity contribution is 0.560. The number of hydrogen-bond donors (Lipinski definition) is 1. The van der Waals surface area contributed by atoms with Gasteiger partial charge in [0.05, 0.1) is 0 Å². The molecule has 19 heavy (non-hydrogen) atoms. The van der Waals surface area contributed by atoms with Crippen LogP contribution in [0, 0.1) is 0 Å². The van der Waals surface area contributed by atoms with Crippen LogP contribution < -0.4 is 5.73 Å². The normalized spacial score (nSPS) is 21.4. The molecule has 0 radical (unpaired) electrons. The Morgan fingerprint density at radius 1 is 1.11 bits per heavy atom. The first kappa shape index (κ1) is 13.0. The maximum atomic E-state index is 6.45. The molecule has 1 aliphatic rings. The average Bonchev–Trinajstić information content (AvgIpc) is 2.48. The Morgan fingerprint density at radius 3 is 2.79 bits per heavy atom. The number of fused-ring (bicyclic) bond motifs is 1. The van der Waals surface area contributed by atoms with Gasteiger partial charge in [-0.15, -0.1) is 0 Å². The fourth-order valence-electron chi connectivity index (χ4n) is 2.96. The molecule has 1 heterocycles. The van der Waals surface area contributed by atoms with Gasteiger partial charge in [-0.25, -0.2) is 0 Å². The predicted molar refractivity (Wildman–Crippen MR) is 85.7 cm³/mol. The Hall–Kier alpha value is -0.990. The monoisotopic (exact) mass is 271 g/mol. The minimum atomic E-state index is 0.288. The Morgan fingerprint density at radius 2 is 1.95 bits per heavy atom. The van der Waals surface area contributed by atoms with E-state index in [0.717, 1.165) is 6.42 Å². The van der Waals surface area contributed by atoms with Crippen molar-refractivity contribution >= 4 is 22.5 Å². The summed E-state index contributed by atoms with van der Waals surface area (Å²) in [6, 6.07) is 15.5. The first-order chi connectivity index (χ1) is 9.34. The molecular formula is C17H21NS. The second-order valence-electron chi connectivity index (χ2n) is 5.41. The van der Waals surface area contributed by atoms with Gasteiger partial charge in [0.25, 0.3) is 0 Å². The molecular weight excluding hydrogens is 250 g/mol. The SMILES string of the molecule is NC(Cc1cccc2ccccc12)C1CCCCS1. The van der Waals surface area contributed by atoms with E-state index in [1.807, 2.05) is 0 Å². The minimum Gasteiger partial charge on any atom is -0.326 e. The van der Waals surface area contributed by atoms with E-state index in [1.165, 1.54) is 41.4 Å². The average molecular weight is 271 g/mol. The molecule has 0 aliphatic carbocycles. The number of thioether (sulfide) groups is 1. The van der Waals surface area contributed by atoms with E-state index in [0.29, 0.717) is 5.25 Å². The predicted octanol–water partition coefficient (Wildman–Crippen LogP) is 4.00. The molecule has 0 spiro atoms. The summed E-state index contributed by atoms with van der Waals surface area (Å²) in [6.07, 6.45) is 5.00. The van der Waals surface area contributed by atoms with Crippen molar-refractivity contribution in [3.63, 3.8) is 0 Å². The zero-order valence-electron chi connectivity index (χ0n) is 11.2. The zero-order chi connectivity index (χ0) is 13.1. The van der Waals surface area contributed by atoms with Crippen molar-refractivity contribution in [3.05, 3.63) is 48.0 Å². The standard InChI is InChI=1S/C17H21NS/c18-16(17-10-3-4-11-19-17)12-14-8-5-7-13-6-1-2-9-15(13)14/h1-2,5-9,16-17H,3-4,10-12,18H2. The molecule has 1 nitrogen and oxygen atoms in total. The second kappa shape index (κ2) is 5.98. The zero-order valence-corrected chi connectivity index (χ0v) is 12.0. The van der Waals surface area contributed by atoms with Gasteiger partial charge in [0, 0.05) is 11.3 Å². The topological polar surface area (TPSA) is 26.0 Å². The molecule has 2 aromatic rings. The molecule has 1 aliphatic heterocycles. The number of rotatable bonds is 3. The largest absolute Gasteiger partial charge is 0.326 e. The third kappa shape index (κ3) is 2.96. The van der Waals surface area contributed by atoms with Gasteiger partial charge in [0.2, 0.25) is 0 Å². The fourth-order valence-corrected chi connectivity index (χ4v) is 4.31. The lowest BCUT2D eigenvalue weighted by Crippen LogP contribution is -2.36. The molecule has 0 aromatic heterocycles. The van der Waals surface area contributed by atoms with Crippen molar-refractivity contribution in [3.8, 4) is 0 Å². The molecule has 2 atom stereocenters. The van der Waals surface area contributed by atoms with Gasteiger partial charge >= 0.3 is 0 Å². The lowest BCUT2D eigenvalue weighted by atomic mass is 9.96. The summed E-state index contributed by atoms with van der Waals surface area (Å²) in [5.41, 5.74) is 7.85. The van der Waals surface area contributed by atoms with Crippen LogP contribution in [-0.4, -0.2) is 17.0 Å². The van der Waals surface area contributed by atoms with Crippen molar-refractivity contribution in [2.75, 3.05) is 5.75 Å². The van der Waals surface area contributed by atoms with Crippen LogP contribution in [-0.2, 0) is 6.42 Å². The van der Waals surface area contributed by atoms with Crippen LogP contribution in [0.25, 0.3) is 10.8 Å². The smallest absolute Gasteiger partial charge is 0.0202 e. The molecule has 2 heteroatoms. The summed E-state index contributed by atoms with van der Waals surface area (Å²) < 4.78 is 0. The van der Waals surface area contributed by atoms with E-state index in [9.17, 15) is 0 Å². The van der Waals surface area contributed by atoms with E-state index in [1.54, 1.807) is 0 Å². The molecule has 2 aromatic carbocycles. The Kier molecular flexibility index (Phi) is 4.09. The van der Waals surface area contributed by atoms with Crippen LogP contribution in [0.2, 0.25) is 0 Å². The third-order valence-corrected chi connectivity index (χ3v) is 5.57. The summed E-state index contributed by atoms with van der Waals surface area (Å²) in [6.45, 7) is 0. The highest BCUT2D eigenvalue weighted by Crippen LogP contribution is 2.29. The Balaban J connectivity index is 1.80. The van der Waals surface area contributed by atoms with E-state index in [2.05, 4.69) is 54.2 Å². The number of hydrogen-bond acceptors (Lipinski definition) is 2.